The number of hydrogen-bond acceptors (Lipinski definition) is 0. The minimum absolute atomic E-state index is 0. The van der Waals surface area contributed by atoms with Crippen molar-refractivity contribution < 1.29 is 45.2 Å². The molecule has 0 atom stereocenters. The Morgan fingerprint density at radius 3 is 1.19 bits per heavy atom. The van der Waals surface area contributed by atoms with E-state index < -0.39 is 0 Å². The van der Waals surface area contributed by atoms with Gasteiger partial charge in [-0.05, 0) is 37.0 Å². The first-order chi connectivity index (χ1) is 6.45. The van der Waals surface area contributed by atoms with Gasteiger partial charge in [0.2, 0.25) is 0 Å². The molecule has 0 aromatic carbocycles. The van der Waals surface area contributed by atoms with Crippen LogP contribution in [0, 0.1) is 0 Å². The van der Waals surface area contributed by atoms with Crippen molar-refractivity contribution in [3.63, 3.8) is 0 Å². The van der Waals surface area contributed by atoms with E-state index in [-0.39, 0.29) is 45.2 Å². The predicted molar refractivity (Wildman–Crippen MR) is 62.1 cm³/mol. The predicted octanol–water partition coefficient (Wildman–Crippen LogP) is -1.66. The van der Waals surface area contributed by atoms with Crippen molar-refractivity contribution in [2.75, 3.05) is 0 Å². The second kappa shape index (κ2) is 11.7. The Bertz CT molecular complexity index is 130. The Hall–Kier alpha value is 1.67. The van der Waals surface area contributed by atoms with E-state index in [1.807, 2.05) is 0 Å². The summed E-state index contributed by atoms with van der Waals surface area (Å²) in [6, 6.07) is 0. The molecule has 100 valence electrons. The summed E-state index contributed by atoms with van der Waals surface area (Å²) in [5, 5.41) is 0. The van der Waals surface area contributed by atoms with Gasteiger partial charge < -0.3 is 24.8 Å². The molecule has 0 bridgehead atoms. The summed E-state index contributed by atoms with van der Waals surface area (Å²) < 4.78 is 0. The second-order valence-electron chi connectivity index (χ2n) is 4.84. The standard InChI is InChI=1S/C12H23P.2ClH.Pd/c1-3-7-11(8-4-1)13-12-9-5-2-6-10-12;;;/h11-13H,1-10H2;2*1H;/q;;;+2/p-2. The van der Waals surface area contributed by atoms with Crippen LogP contribution in [0.25, 0.3) is 0 Å². The molecule has 2 rings (SSSR count). The summed E-state index contributed by atoms with van der Waals surface area (Å²) in [6.45, 7) is 0. The Kier molecular flexibility index (Phi) is 14.7. The molecule has 0 saturated heterocycles. The molecule has 16 heavy (non-hydrogen) atoms. The van der Waals surface area contributed by atoms with Gasteiger partial charge >= 0.3 is 20.4 Å². The topological polar surface area (TPSA) is 0 Å². The van der Waals surface area contributed by atoms with Crippen LogP contribution in [-0.4, -0.2) is 11.3 Å². The third-order valence-corrected chi connectivity index (χ3v) is 5.78. The Morgan fingerprint density at radius 2 is 0.875 bits per heavy atom. The van der Waals surface area contributed by atoms with Crippen LogP contribution in [0.15, 0.2) is 0 Å². The molecule has 2 aliphatic carbocycles. The van der Waals surface area contributed by atoms with E-state index >= 15 is 0 Å². The Balaban J connectivity index is 0. The summed E-state index contributed by atoms with van der Waals surface area (Å²) in [5.74, 6) is 0. The average molecular weight is 376 g/mol. The van der Waals surface area contributed by atoms with Gasteiger partial charge in [0.15, 0.2) is 0 Å². The van der Waals surface area contributed by atoms with Crippen LogP contribution in [0.1, 0.15) is 64.2 Å². The number of halogens is 2. The van der Waals surface area contributed by atoms with Crippen LogP contribution in [0.5, 0.6) is 0 Å². The summed E-state index contributed by atoms with van der Waals surface area (Å²) in [6.07, 6.45) is 15.4. The first kappa shape index (κ1) is 20.0. The Labute approximate surface area is 129 Å². The molecule has 0 unspecified atom stereocenters. The maximum Gasteiger partial charge on any atom is 2.00 e. The first-order valence-electron chi connectivity index (χ1n) is 6.21. The molecule has 2 fully saturated rings. The van der Waals surface area contributed by atoms with Gasteiger partial charge in [0.25, 0.3) is 0 Å². The molecular weight excluding hydrogens is 352 g/mol. The number of rotatable bonds is 2. The van der Waals surface area contributed by atoms with Crippen molar-refractivity contribution in [3.05, 3.63) is 0 Å². The van der Waals surface area contributed by atoms with Gasteiger partial charge in [0.1, 0.15) is 0 Å². The van der Waals surface area contributed by atoms with E-state index in [1.165, 1.54) is 47.1 Å². The van der Waals surface area contributed by atoms with Crippen molar-refractivity contribution in [1.29, 1.82) is 0 Å². The molecule has 0 aliphatic heterocycles. The van der Waals surface area contributed by atoms with Crippen molar-refractivity contribution in [1.82, 2.24) is 0 Å². The summed E-state index contributed by atoms with van der Waals surface area (Å²) >= 11 is 0. The fourth-order valence-corrected chi connectivity index (χ4v) is 5.02. The molecule has 0 heterocycles. The maximum atomic E-state index is 1.56. The molecule has 0 radical (unpaired) electrons. The van der Waals surface area contributed by atoms with E-state index in [0.717, 1.165) is 11.3 Å². The molecule has 0 nitrogen and oxygen atoms in total. The normalized spacial score (nSPS) is 22.5. The molecule has 0 N–H and O–H groups in total. The van der Waals surface area contributed by atoms with E-state index in [9.17, 15) is 0 Å². The summed E-state index contributed by atoms with van der Waals surface area (Å²) in [4.78, 5) is 0. The van der Waals surface area contributed by atoms with Gasteiger partial charge in [-0.1, -0.05) is 38.5 Å². The molecule has 0 amide bonds. The third-order valence-electron chi connectivity index (χ3n) is 3.68. The van der Waals surface area contributed by atoms with E-state index in [2.05, 4.69) is 0 Å². The quantitative estimate of drug-likeness (QED) is 0.400. The van der Waals surface area contributed by atoms with Gasteiger partial charge in [-0.3, -0.25) is 0 Å². The third kappa shape index (κ3) is 7.18. The smallest absolute Gasteiger partial charge is 1.00 e. The molecule has 0 aromatic rings. The van der Waals surface area contributed by atoms with Gasteiger partial charge in [-0.25, -0.2) is 0 Å². The summed E-state index contributed by atoms with van der Waals surface area (Å²) in [7, 11) is 1.33. The fraction of sp³-hybridized carbons (Fsp3) is 1.00. The molecule has 4 heteroatoms. The minimum atomic E-state index is 0. The van der Waals surface area contributed by atoms with Crippen LogP contribution < -0.4 is 24.8 Å². The molecule has 0 spiro atoms. The molecular formula is C12H23Cl2PPd. The van der Waals surface area contributed by atoms with Crippen molar-refractivity contribution in [2.24, 2.45) is 0 Å². The second-order valence-corrected chi connectivity index (χ2v) is 6.80. The zero-order valence-corrected chi connectivity index (χ0v) is 13.9. The number of hydrogen-bond donors (Lipinski definition) is 0. The monoisotopic (exact) mass is 374 g/mol. The van der Waals surface area contributed by atoms with Crippen LogP contribution in [-0.2, 0) is 20.4 Å². The van der Waals surface area contributed by atoms with Crippen LogP contribution in [0.2, 0.25) is 0 Å². The van der Waals surface area contributed by atoms with Crippen LogP contribution in [0.4, 0.5) is 0 Å². The van der Waals surface area contributed by atoms with Crippen molar-refractivity contribution >= 4 is 8.58 Å². The van der Waals surface area contributed by atoms with Gasteiger partial charge in [0, 0.05) is 0 Å². The maximum absolute atomic E-state index is 1.56. The fourth-order valence-electron chi connectivity index (χ4n) is 2.87. The first-order valence-corrected chi connectivity index (χ1v) is 7.37. The average Bonchev–Trinajstić information content (AvgIpc) is 2.21. The minimum Gasteiger partial charge on any atom is -1.00 e. The van der Waals surface area contributed by atoms with Gasteiger partial charge in [-0.2, -0.15) is 0 Å². The molecule has 0 aromatic heterocycles. The molecule has 2 saturated carbocycles. The van der Waals surface area contributed by atoms with E-state index in [0.29, 0.717) is 0 Å². The van der Waals surface area contributed by atoms with Crippen molar-refractivity contribution in [2.45, 2.75) is 75.5 Å². The van der Waals surface area contributed by atoms with Gasteiger partial charge in [-0.15, -0.1) is 8.58 Å². The van der Waals surface area contributed by atoms with E-state index in [1.54, 1.807) is 25.7 Å². The summed E-state index contributed by atoms with van der Waals surface area (Å²) in [5.41, 5.74) is 2.30. The largest absolute Gasteiger partial charge is 2.00 e. The van der Waals surface area contributed by atoms with Gasteiger partial charge in [0.05, 0.1) is 0 Å². The molecule has 2 aliphatic rings. The zero-order chi connectivity index (χ0) is 8.93. The zero-order valence-electron chi connectivity index (χ0n) is 9.80. The van der Waals surface area contributed by atoms with Crippen LogP contribution in [0.3, 0.4) is 0 Å². The SMILES string of the molecule is C1CCC(PC2CCCCC2)CC1.[Cl-].[Cl-].[Pd+2]. The van der Waals surface area contributed by atoms with Crippen LogP contribution >= 0.6 is 8.58 Å². The van der Waals surface area contributed by atoms with E-state index in [4.69, 9.17) is 0 Å². The van der Waals surface area contributed by atoms with Crippen molar-refractivity contribution in [3.8, 4) is 0 Å². The Morgan fingerprint density at radius 1 is 0.562 bits per heavy atom.